The van der Waals surface area contributed by atoms with E-state index in [1.165, 1.54) is 0 Å². The molecule has 0 spiro atoms. The zero-order valence-electron chi connectivity index (χ0n) is 8.19. The van der Waals surface area contributed by atoms with Crippen molar-refractivity contribution < 1.29 is 18.0 Å². The molecule has 0 aliphatic rings. The number of nitriles is 1. The van der Waals surface area contributed by atoms with Gasteiger partial charge >= 0.3 is 6.18 Å². The summed E-state index contributed by atoms with van der Waals surface area (Å²) in [6, 6.07) is 1.89. The first-order valence-corrected chi connectivity index (χ1v) is 4.29. The molecule has 0 bridgehead atoms. The van der Waals surface area contributed by atoms with Gasteiger partial charge in [0, 0.05) is 6.54 Å². The van der Waals surface area contributed by atoms with Crippen LogP contribution in [0.4, 0.5) is 13.2 Å². The van der Waals surface area contributed by atoms with Crippen LogP contribution in [0.1, 0.15) is 6.92 Å². The van der Waals surface area contributed by atoms with Crippen molar-refractivity contribution in [1.82, 2.24) is 10.6 Å². The number of amides is 1. The molecule has 0 heterocycles. The molecule has 0 aliphatic carbocycles. The van der Waals surface area contributed by atoms with Gasteiger partial charge in [-0.1, -0.05) is 0 Å². The van der Waals surface area contributed by atoms with Crippen LogP contribution >= 0.6 is 0 Å². The van der Waals surface area contributed by atoms with E-state index in [0.717, 1.165) is 0 Å². The summed E-state index contributed by atoms with van der Waals surface area (Å²) in [7, 11) is 0. The van der Waals surface area contributed by atoms with Crippen LogP contribution in [-0.4, -0.2) is 31.7 Å². The third kappa shape index (κ3) is 9.02. The second kappa shape index (κ2) is 6.24. The number of hydrogen-bond donors (Lipinski definition) is 2. The first-order valence-electron chi connectivity index (χ1n) is 4.29. The number of carbonyl (C=O) groups excluding carboxylic acids is 1. The molecule has 86 valence electrons. The normalized spacial score (nSPS) is 13.0. The van der Waals surface area contributed by atoms with Gasteiger partial charge in [-0.05, 0) is 6.92 Å². The Hall–Kier alpha value is -1.29. The van der Waals surface area contributed by atoms with Crippen molar-refractivity contribution in [2.75, 3.05) is 19.6 Å². The molecular weight excluding hydrogens is 211 g/mol. The highest BCUT2D eigenvalue weighted by Gasteiger charge is 2.26. The van der Waals surface area contributed by atoms with Crippen molar-refractivity contribution in [1.29, 1.82) is 5.26 Å². The Bertz CT molecular complexity index is 246. The number of nitrogens with zero attached hydrogens (tertiary/aromatic N) is 1. The maximum absolute atomic E-state index is 11.6. The average molecular weight is 223 g/mol. The van der Waals surface area contributed by atoms with E-state index in [0.29, 0.717) is 0 Å². The van der Waals surface area contributed by atoms with Crippen molar-refractivity contribution >= 4 is 5.91 Å². The highest BCUT2D eigenvalue weighted by molar-refractivity contribution is 5.77. The number of hydrogen-bond acceptors (Lipinski definition) is 3. The van der Waals surface area contributed by atoms with Crippen molar-refractivity contribution in [2.24, 2.45) is 5.92 Å². The smallest absolute Gasteiger partial charge is 0.354 e. The van der Waals surface area contributed by atoms with E-state index in [1.54, 1.807) is 6.92 Å². The van der Waals surface area contributed by atoms with E-state index in [4.69, 9.17) is 5.26 Å². The molecular formula is C8H12F3N3O. The lowest BCUT2D eigenvalue weighted by molar-refractivity contribution is -0.128. The zero-order valence-corrected chi connectivity index (χ0v) is 8.19. The quantitative estimate of drug-likeness (QED) is 0.709. The molecule has 0 rings (SSSR count). The van der Waals surface area contributed by atoms with Gasteiger partial charge in [-0.15, -0.1) is 0 Å². The summed E-state index contributed by atoms with van der Waals surface area (Å²) in [5.41, 5.74) is 0. The fraction of sp³-hybridized carbons (Fsp3) is 0.750. The maximum Gasteiger partial charge on any atom is 0.401 e. The Morgan fingerprint density at radius 1 is 1.53 bits per heavy atom. The Labute approximate surface area is 85.4 Å². The van der Waals surface area contributed by atoms with E-state index >= 15 is 0 Å². The molecule has 0 radical (unpaired) electrons. The van der Waals surface area contributed by atoms with Crippen LogP contribution in [0, 0.1) is 17.2 Å². The average Bonchev–Trinajstić information content (AvgIpc) is 2.12. The van der Waals surface area contributed by atoms with Crippen LogP contribution in [0.15, 0.2) is 0 Å². The summed E-state index contributed by atoms with van der Waals surface area (Å²) in [5.74, 6) is -0.905. The second-order valence-corrected chi connectivity index (χ2v) is 3.05. The van der Waals surface area contributed by atoms with Gasteiger partial charge in [0.2, 0.25) is 5.91 Å². The van der Waals surface area contributed by atoms with Gasteiger partial charge in [-0.3, -0.25) is 4.79 Å². The van der Waals surface area contributed by atoms with Gasteiger partial charge in [-0.25, -0.2) is 0 Å². The van der Waals surface area contributed by atoms with Gasteiger partial charge < -0.3 is 10.6 Å². The van der Waals surface area contributed by atoms with E-state index in [2.05, 4.69) is 5.32 Å². The van der Waals surface area contributed by atoms with Crippen LogP contribution in [0.2, 0.25) is 0 Å². The van der Waals surface area contributed by atoms with Gasteiger partial charge in [0.15, 0.2) is 0 Å². The van der Waals surface area contributed by atoms with E-state index in [1.807, 2.05) is 11.4 Å². The summed E-state index contributed by atoms with van der Waals surface area (Å²) in [6.07, 6.45) is -4.32. The number of alkyl halides is 3. The summed E-state index contributed by atoms with van der Waals surface area (Å²) in [6.45, 7) is 0.137. The molecule has 0 aromatic carbocycles. The Balaban J connectivity index is 3.55. The molecule has 7 heteroatoms. The van der Waals surface area contributed by atoms with Gasteiger partial charge in [-0.2, -0.15) is 18.4 Å². The van der Waals surface area contributed by atoms with Gasteiger partial charge in [0.25, 0.3) is 0 Å². The first-order chi connectivity index (χ1) is 6.85. The van der Waals surface area contributed by atoms with E-state index < -0.39 is 25.2 Å². The van der Waals surface area contributed by atoms with E-state index in [-0.39, 0.29) is 12.5 Å². The fourth-order valence-electron chi connectivity index (χ4n) is 0.693. The monoisotopic (exact) mass is 223 g/mol. The third-order valence-corrected chi connectivity index (χ3v) is 1.44. The van der Waals surface area contributed by atoms with Crippen LogP contribution in [0.25, 0.3) is 0 Å². The molecule has 0 aliphatic heterocycles. The zero-order chi connectivity index (χ0) is 11.9. The minimum Gasteiger partial charge on any atom is -0.354 e. The Morgan fingerprint density at radius 3 is 2.60 bits per heavy atom. The molecule has 0 saturated heterocycles. The standard InChI is InChI=1S/C8H12F3N3O/c1-6(2-12)3-14-7(15)4-13-5-8(9,10)11/h6,13H,3-5H2,1H3,(H,14,15). The minimum atomic E-state index is -4.32. The predicted molar refractivity (Wildman–Crippen MR) is 46.7 cm³/mol. The third-order valence-electron chi connectivity index (χ3n) is 1.44. The van der Waals surface area contributed by atoms with E-state index in [9.17, 15) is 18.0 Å². The highest BCUT2D eigenvalue weighted by atomic mass is 19.4. The van der Waals surface area contributed by atoms with Crippen LogP contribution in [0.5, 0.6) is 0 Å². The summed E-state index contributed by atoms with van der Waals surface area (Å²) >= 11 is 0. The lowest BCUT2D eigenvalue weighted by Gasteiger charge is -2.09. The topological polar surface area (TPSA) is 64.9 Å². The number of nitrogens with one attached hydrogen (secondary N) is 2. The first kappa shape index (κ1) is 13.7. The van der Waals surface area contributed by atoms with Gasteiger partial charge in [0.05, 0.1) is 25.1 Å². The maximum atomic E-state index is 11.6. The number of rotatable bonds is 5. The highest BCUT2D eigenvalue weighted by Crippen LogP contribution is 2.11. The molecule has 2 N–H and O–H groups in total. The minimum absolute atomic E-state index is 0.142. The number of carbonyl (C=O) groups is 1. The molecule has 1 unspecified atom stereocenters. The largest absolute Gasteiger partial charge is 0.401 e. The fourth-order valence-corrected chi connectivity index (χ4v) is 0.693. The van der Waals surface area contributed by atoms with Crippen LogP contribution < -0.4 is 10.6 Å². The summed E-state index contributed by atoms with van der Waals surface area (Å²) in [5, 5.41) is 12.6. The summed E-state index contributed by atoms with van der Waals surface area (Å²) < 4.78 is 34.9. The SMILES string of the molecule is CC(C#N)CNC(=O)CNCC(F)(F)F. The molecule has 0 aromatic heterocycles. The second-order valence-electron chi connectivity index (χ2n) is 3.05. The Morgan fingerprint density at radius 2 is 2.13 bits per heavy atom. The molecule has 1 amide bonds. The molecule has 0 aromatic rings. The molecule has 0 saturated carbocycles. The van der Waals surface area contributed by atoms with Gasteiger partial charge in [0.1, 0.15) is 0 Å². The van der Waals surface area contributed by atoms with Crippen LogP contribution in [0.3, 0.4) is 0 Å². The molecule has 4 nitrogen and oxygen atoms in total. The van der Waals surface area contributed by atoms with Crippen molar-refractivity contribution in [2.45, 2.75) is 13.1 Å². The van der Waals surface area contributed by atoms with Crippen molar-refractivity contribution in [3.8, 4) is 6.07 Å². The molecule has 15 heavy (non-hydrogen) atoms. The summed E-state index contributed by atoms with van der Waals surface area (Å²) in [4.78, 5) is 10.9. The lowest BCUT2D eigenvalue weighted by atomic mass is 10.2. The Kier molecular flexibility index (Phi) is 5.70. The predicted octanol–water partition coefficient (Wildman–Crippen LogP) is 0.414. The number of halogens is 3. The van der Waals surface area contributed by atoms with Crippen molar-refractivity contribution in [3.05, 3.63) is 0 Å². The lowest BCUT2D eigenvalue weighted by Crippen LogP contribution is -2.39. The molecule has 0 fully saturated rings. The molecule has 1 atom stereocenters. The van der Waals surface area contributed by atoms with Crippen LogP contribution in [-0.2, 0) is 4.79 Å². The van der Waals surface area contributed by atoms with Crippen molar-refractivity contribution in [3.63, 3.8) is 0 Å².